The maximum atomic E-state index is 6.40. The van der Waals surface area contributed by atoms with Gasteiger partial charge in [0.15, 0.2) is 0 Å². The highest BCUT2D eigenvalue weighted by Crippen LogP contribution is 2.43. The van der Waals surface area contributed by atoms with E-state index in [9.17, 15) is 0 Å². The fourth-order valence-electron chi connectivity index (χ4n) is 7.55. The first kappa shape index (κ1) is 27.5. The fourth-order valence-corrected chi connectivity index (χ4v) is 7.55. The van der Waals surface area contributed by atoms with Gasteiger partial charge in [0.05, 0.1) is 16.7 Å². The van der Waals surface area contributed by atoms with E-state index in [1.54, 1.807) is 0 Å². The Morgan fingerprint density at radius 2 is 1.08 bits per heavy atom. The van der Waals surface area contributed by atoms with E-state index in [1.165, 1.54) is 32.6 Å². The Bertz CT molecular complexity index is 2820. The predicted octanol–water partition coefficient (Wildman–Crippen LogP) is 13.0. The Labute approximate surface area is 283 Å². The molecule has 3 heteroatoms. The second kappa shape index (κ2) is 11.0. The topological polar surface area (TPSA) is 21.3 Å². The van der Waals surface area contributed by atoms with Crippen LogP contribution in [0.25, 0.3) is 71.3 Å². The third kappa shape index (κ3) is 4.37. The molecule has 0 atom stereocenters. The van der Waals surface area contributed by atoms with Gasteiger partial charge in [0, 0.05) is 49.6 Å². The average Bonchev–Trinajstić information content (AvgIpc) is 3.72. The minimum Gasteiger partial charge on any atom is -0.455 e. The number of rotatable bonds is 5. The van der Waals surface area contributed by atoms with Crippen LogP contribution in [0.15, 0.2) is 186 Å². The Morgan fingerprint density at radius 1 is 0.429 bits per heavy atom. The van der Waals surface area contributed by atoms with Crippen LogP contribution >= 0.6 is 0 Å². The zero-order valence-electron chi connectivity index (χ0n) is 26.6. The number of fused-ring (bicyclic) bond motifs is 7. The molecule has 2 heterocycles. The molecule has 0 fully saturated rings. The summed E-state index contributed by atoms with van der Waals surface area (Å²) in [5, 5.41) is 7.14. The van der Waals surface area contributed by atoms with Crippen molar-refractivity contribution in [1.29, 1.82) is 0 Å². The lowest BCUT2D eigenvalue weighted by molar-refractivity contribution is 0.670. The standard InChI is InChI=1S/C46H30N2O/c1-2-14-33(15-3-1)48-43-21-8-6-17-38(43)41-30-35(28-29-44(41)48)47(42-22-10-13-31-12-4-5-16-36(31)42)34-26-24-32(25-27-34)37-19-11-20-40-39-18-7-9-23-45(39)49-46(37)40/h1-30H. The van der Waals surface area contributed by atoms with Crippen LogP contribution in [0.2, 0.25) is 0 Å². The first-order valence-electron chi connectivity index (χ1n) is 16.7. The number of furan rings is 1. The Kier molecular flexibility index (Phi) is 6.18. The Balaban J connectivity index is 1.17. The van der Waals surface area contributed by atoms with Crippen LogP contribution < -0.4 is 4.90 Å². The van der Waals surface area contributed by atoms with Crippen LogP contribution in [0.1, 0.15) is 0 Å². The van der Waals surface area contributed by atoms with Crippen molar-refractivity contribution in [1.82, 2.24) is 4.57 Å². The van der Waals surface area contributed by atoms with E-state index >= 15 is 0 Å². The number of para-hydroxylation sites is 4. The van der Waals surface area contributed by atoms with Gasteiger partial charge >= 0.3 is 0 Å². The Hall–Kier alpha value is -6.58. The number of anilines is 3. The van der Waals surface area contributed by atoms with Crippen molar-refractivity contribution in [3.05, 3.63) is 182 Å². The molecule has 0 N–H and O–H groups in total. The van der Waals surface area contributed by atoms with Crippen molar-refractivity contribution in [2.45, 2.75) is 0 Å². The lowest BCUT2D eigenvalue weighted by atomic mass is 10.0. The van der Waals surface area contributed by atoms with E-state index in [-0.39, 0.29) is 0 Å². The summed E-state index contributed by atoms with van der Waals surface area (Å²) in [5.74, 6) is 0. The Morgan fingerprint density at radius 3 is 1.96 bits per heavy atom. The minimum absolute atomic E-state index is 0.910. The lowest BCUT2D eigenvalue weighted by Crippen LogP contribution is -2.10. The molecule has 10 aromatic rings. The highest BCUT2D eigenvalue weighted by Gasteiger charge is 2.19. The largest absolute Gasteiger partial charge is 0.455 e. The van der Waals surface area contributed by atoms with Crippen molar-refractivity contribution < 1.29 is 4.42 Å². The zero-order valence-corrected chi connectivity index (χ0v) is 26.6. The van der Waals surface area contributed by atoms with E-state index < -0.39 is 0 Å². The molecule has 230 valence electrons. The summed E-state index contributed by atoms with van der Waals surface area (Å²) < 4.78 is 8.77. The molecular weight excluding hydrogens is 597 g/mol. The van der Waals surface area contributed by atoms with Gasteiger partial charge in [-0.2, -0.15) is 0 Å². The molecule has 0 saturated heterocycles. The molecule has 10 rings (SSSR count). The summed E-state index contributed by atoms with van der Waals surface area (Å²) in [6.45, 7) is 0. The number of aromatic nitrogens is 1. The van der Waals surface area contributed by atoms with Crippen molar-refractivity contribution >= 4 is 71.6 Å². The first-order valence-corrected chi connectivity index (χ1v) is 16.7. The molecule has 0 unspecified atom stereocenters. The van der Waals surface area contributed by atoms with E-state index in [4.69, 9.17) is 4.42 Å². The van der Waals surface area contributed by atoms with Gasteiger partial charge in [-0.25, -0.2) is 0 Å². The van der Waals surface area contributed by atoms with Crippen LogP contribution in [0.3, 0.4) is 0 Å². The molecule has 0 amide bonds. The van der Waals surface area contributed by atoms with Gasteiger partial charge in [-0.05, 0) is 71.6 Å². The van der Waals surface area contributed by atoms with Gasteiger partial charge in [0.2, 0.25) is 0 Å². The summed E-state index contributed by atoms with van der Waals surface area (Å²) in [6, 6.07) is 65.0. The van der Waals surface area contributed by atoms with E-state index in [2.05, 4.69) is 179 Å². The third-order valence-corrected chi connectivity index (χ3v) is 9.78. The molecule has 0 spiro atoms. The second-order valence-electron chi connectivity index (χ2n) is 12.6. The first-order chi connectivity index (χ1) is 24.3. The summed E-state index contributed by atoms with van der Waals surface area (Å²) in [6.07, 6.45) is 0. The highest BCUT2D eigenvalue weighted by atomic mass is 16.3. The lowest BCUT2D eigenvalue weighted by Gasteiger charge is -2.27. The monoisotopic (exact) mass is 626 g/mol. The number of hydrogen-bond acceptors (Lipinski definition) is 2. The van der Waals surface area contributed by atoms with Crippen LogP contribution in [0, 0.1) is 0 Å². The summed E-state index contributed by atoms with van der Waals surface area (Å²) in [5.41, 5.74) is 10.9. The second-order valence-corrected chi connectivity index (χ2v) is 12.6. The van der Waals surface area contributed by atoms with Crippen molar-refractivity contribution in [2.75, 3.05) is 4.90 Å². The van der Waals surface area contributed by atoms with Gasteiger partial charge in [-0.3, -0.25) is 0 Å². The number of nitrogens with zero attached hydrogens (tertiary/aromatic N) is 2. The smallest absolute Gasteiger partial charge is 0.143 e. The minimum atomic E-state index is 0.910. The average molecular weight is 627 g/mol. The van der Waals surface area contributed by atoms with E-state index in [0.29, 0.717) is 0 Å². The molecule has 0 saturated carbocycles. The summed E-state index contributed by atoms with van der Waals surface area (Å²) in [4.78, 5) is 2.39. The van der Waals surface area contributed by atoms with Crippen molar-refractivity contribution in [2.24, 2.45) is 0 Å². The third-order valence-electron chi connectivity index (χ3n) is 9.78. The molecule has 8 aromatic carbocycles. The molecule has 3 nitrogen and oxygen atoms in total. The summed E-state index contributed by atoms with van der Waals surface area (Å²) >= 11 is 0. The predicted molar refractivity (Wildman–Crippen MR) is 206 cm³/mol. The van der Waals surface area contributed by atoms with Gasteiger partial charge in [0.1, 0.15) is 11.2 Å². The van der Waals surface area contributed by atoms with Gasteiger partial charge in [-0.1, -0.05) is 121 Å². The maximum absolute atomic E-state index is 6.40. The molecule has 0 aliphatic heterocycles. The van der Waals surface area contributed by atoms with Crippen molar-refractivity contribution in [3.63, 3.8) is 0 Å². The normalized spacial score (nSPS) is 11.7. The number of benzene rings is 8. The van der Waals surface area contributed by atoms with Crippen LogP contribution in [0.5, 0.6) is 0 Å². The molecule has 0 aliphatic carbocycles. The highest BCUT2D eigenvalue weighted by molar-refractivity contribution is 6.12. The SMILES string of the molecule is c1ccc(-n2c3ccccc3c3cc(N(c4ccc(-c5cccc6c5oc5ccccc56)cc4)c4cccc5ccccc45)ccc32)cc1. The molecule has 0 bridgehead atoms. The van der Waals surface area contributed by atoms with Gasteiger partial charge < -0.3 is 13.9 Å². The van der Waals surface area contributed by atoms with Crippen LogP contribution in [-0.4, -0.2) is 4.57 Å². The number of hydrogen-bond donors (Lipinski definition) is 0. The van der Waals surface area contributed by atoms with Crippen LogP contribution in [-0.2, 0) is 0 Å². The molecule has 0 radical (unpaired) electrons. The van der Waals surface area contributed by atoms with Gasteiger partial charge in [-0.15, -0.1) is 0 Å². The van der Waals surface area contributed by atoms with Gasteiger partial charge in [0.25, 0.3) is 0 Å². The molecular formula is C46H30N2O. The van der Waals surface area contributed by atoms with Crippen molar-refractivity contribution in [3.8, 4) is 16.8 Å². The molecule has 2 aromatic heterocycles. The van der Waals surface area contributed by atoms with E-state index in [1.807, 2.05) is 12.1 Å². The summed E-state index contributed by atoms with van der Waals surface area (Å²) in [7, 11) is 0. The maximum Gasteiger partial charge on any atom is 0.143 e. The molecule has 0 aliphatic rings. The molecule has 49 heavy (non-hydrogen) atoms. The van der Waals surface area contributed by atoms with E-state index in [0.717, 1.165) is 55.8 Å². The quantitative estimate of drug-likeness (QED) is 0.190. The zero-order chi connectivity index (χ0) is 32.3. The van der Waals surface area contributed by atoms with Crippen LogP contribution in [0.4, 0.5) is 17.1 Å². The fraction of sp³-hybridized carbons (Fsp3) is 0.